The molecule has 0 saturated heterocycles. The lowest BCUT2D eigenvalue weighted by Gasteiger charge is -2.08. The number of nitrogen functional groups attached to an aromatic ring is 1. The Balaban J connectivity index is 2.39. The molecule has 1 aromatic carbocycles. The van der Waals surface area contributed by atoms with Crippen molar-refractivity contribution in [1.82, 2.24) is 0 Å². The summed E-state index contributed by atoms with van der Waals surface area (Å²) in [5, 5.41) is 0. The van der Waals surface area contributed by atoms with Crippen LogP contribution in [0.1, 0.15) is 25.3 Å². The van der Waals surface area contributed by atoms with Crippen LogP contribution in [0.2, 0.25) is 0 Å². The van der Waals surface area contributed by atoms with Crippen molar-refractivity contribution in [3.05, 3.63) is 23.8 Å². The van der Waals surface area contributed by atoms with Crippen LogP contribution in [0.4, 0.5) is 11.4 Å². The van der Waals surface area contributed by atoms with Crippen LogP contribution in [-0.2, 0) is 4.84 Å². The zero-order chi connectivity index (χ0) is 10.4. The second-order valence-corrected chi connectivity index (χ2v) is 3.38. The molecule has 3 heteroatoms. The van der Waals surface area contributed by atoms with E-state index in [4.69, 9.17) is 10.6 Å². The van der Waals surface area contributed by atoms with Gasteiger partial charge in [0.2, 0.25) is 0 Å². The summed E-state index contributed by atoms with van der Waals surface area (Å²) in [5.74, 6) is 0. The van der Waals surface area contributed by atoms with E-state index in [0.29, 0.717) is 0 Å². The van der Waals surface area contributed by atoms with Gasteiger partial charge in [0.15, 0.2) is 0 Å². The molecule has 1 aromatic rings. The average Bonchev–Trinajstić information content (AvgIpc) is 2.18. The number of hydrogen-bond donors (Lipinski definition) is 2. The summed E-state index contributed by atoms with van der Waals surface area (Å²) >= 11 is 0. The van der Waals surface area contributed by atoms with Gasteiger partial charge in [0.25, 0.3) is 0 Å². The van der Waals surface area contributed by atoms with E-state index >= 15 is 0 Å². The number of unbranched alkanes of at least 4 members (excludes halogenated alkanes) is 1. The predicted octanol–water partition coefficient (Wildman–Crippen LogP) is 2.72. The first-order valence-electron chi connectivity index (χ1n) is 4.98. The number of hydrogen-bond acceptors (Lipinski definition) is 3. The molecular formula is C11H18N2O. The van der Waals surface area contributed by atoms with Gasteiger partial charge in [-0.25, -0.2) is 0 Å². The van der Waals surface area contributed by atoms with Gasteiger partial charge < -0.3 is 5.73 Å². The van der Waals surface area contributed by atoms with Gasteiger partial charge in [-0.3, -0.25) is 10.3 Å². The van der Waals surface area contributed by atoms with E-state index in [9.17, 15) is 0 Å². The lowest BCUT2D eigenvalue weighted by Crippen LogP contribution is -2.03. The fraction of sp³-hybridized carbons (Fsp3) is 0.455. The van der Waals surface area contributed by atoms with E-state index in [1.54, 1.807) is 0 Å². The molecule has 3 N–H and O–H groups in total. The van der Waals surface area contributed by atoms with E-state index in [-0.39, 0.29) is 0 Å². The summed E-state index contributed by atoms with van der Waals surface area (Å²) in [7, 11) is 0. The van der Waals surface area contributed by atoms with E-state index in [1.807, 2.05) is 25.1 Å². The van der Waals surface area contributed by atoms with Gasteiger partial charge in [0.1, 0.15) is 0 Å². The van der Waals surface area contributed by atoms with Gasteiger partial charge in [-0.2, -0.15) is 0 Å². The molecule has 78 valence electrons. The van der Waals surface area contributed by atoms with Gasteiger partial charge in [0, 0.05) is 5.69 Å². The fourth-order valence-corrected chi connectivity index (χ4v) is 1.09. The van der Waals surface area contributed by atoms with Crippen LogP contribution in [0.25, 0.3) is 0 Å². The maximum absolute atomic E-state index is 5.70. The van der Waals surface area contributed by atoms with E-state index in [0.717, 1.165) is 36.4 Å². The molecule has 0 spiro atoms. The Labute approximate surface area is 85.2 Å². The second kappa shape index (κ2) is 5.50. The standard InChI is InChI=1S/C11H18N2O/c1-3-4-7-14-13-10-5-6-11(12)9(2)8-10/h5-6,8,13H,3-4,7,12H2,1-2H3. The van der Waals surface area contributed by atoms with Crippen LogP contribution in [-0.4, -0.2) is 6.61 Å². The molecule has 0 amide bonds. The SMILES string of the molecule is CCCCONc1ccc(N)c(C)c1. The molecule has 0 aliphatic rings. The molecule has 3 nitrogen and oxygen atoms in total. The summed E-state index contributed by atoms with van der Waals surface area (Å²) < 4.78 is 0. The summed E-state index contributed by atoms with van der Waals surface area (Å²) in [5.41, 5.74) is 11.4. The third-order valence-electron chi connectivity index (χ3n) is 2.06. The minimum absolute atomic E-state index is 0.736. The minimum Gasteiger partial charge on any atom is -0.399 e. The smallest absolute Gasteiger partial charge is 0.0745 e. The summed E-state index contributed by atoms with van der Waals surface area (Å²) in [4.78, 5) is 5.26. The monoisotopic (exact) mass is 194 g/mol. The van der Waals surface area contributed by atoms with Crippen LogP contribution in [0.3, 0.4) is 0 Å². The average molecular weight is 194 g/mol. The quantitative estimate of drug-likeness (QED) is 0.430. The Morgan fingerprint density at radius 3 is 2.86 bits per heavy atom. The summed E-state index contributed by atoms with van der Waals surface area (Å²) in [6, 6.07) is 5.76. The maximum atomic E-state index is 5.70. The first kappa shape index (κ1) is 10.9. The van der Waals surface area contributed by atoms with Gasteiger partial charge in [-0.05, 0) is 37.1 Å². The largest absolute Gasteiger partial charge is 0.399 e. The molecule has 0 saturated carbocycles. The molecule has 0 atom stereocenters. The lowest BCUT2D eigenvalue weighted by molar-refractivity contribution is 0.189. The van der Waals surface area contributed by atoms with Gasteiger partial charge in [-0.15, -0.1) is 0 Å². The Hall–Kier alpha value is -1.22. The molecule has 0 heterocycles. The normalized spacial score (nSPS) is 10.1. The predicted molar refractivity (Wildman–Crippen MR) is 60.1 cm³/mol. The highest BCUT2D eigenvalue weighted by atomic mass is 16.6. The zero-order valence-corrected chi connectivity index (χ0v) is 8.84. The Kier molecular flexibility index (Phi) is 4.26. The highest BCUT2D eigenvalue weighted by Gasteiger charge is 1.95. The molecule has 0 aliphatic heterocycles. The number of benzene rings is 1. The second-order valence-electron chi connectivity index (χ2n) is 3.38. The van der Waals surface area contributed by atoms with E-state index < -0.39 is 0 Å². The Morgan fingerprint density at radius 2 is 2.21 bits per heavy atom. The van der Waals surface area contributed by atoms with Crippen LogP contribution < -0.4 is 11.2 Å². The van der Waals surface area contributed by atoms with Crippen molar-refractivity contribution in [2.24, 2.45) is 0 Å². The third kappa shape index (κ3) is 3.26. The molecule has 0 unspecified atom stereocenters. The summed E-state index contributed by atoms with van der Waals surface area (Å²) in [6.07, 6.45) is 2.21. The minimum atomic E-state index is 0.736. The van der Waals surface area contributed by atoms with Crippen molar-refractivity contribution in [2.75, 3.05) is 17.8 Å². The van der Waals surface area contributed by atoms with Crippen molar-refractivity contribution in [3.63, 3.8) is 0 Å². The number of rotatable bonds is 5. The van der Waals surface area contributed by atoms with Crippen LogP contribution in [0.5, 0.6) is 0 Å². The van der Waals surface area contributed by atoms with Crippen molar-refractivity contribution in [2.45, 2.75) is 26.7 Å². The third-order valence-corrected chi connectivity index (χ3v) is 2.06. The highest BCUT2D eigenvalue weighted by Crippen LogP contribution is 2.16. The van der Waals surface area contributed by atoms with Gasteiger partial charge in [-0.1, -0.05) is 13.3 Å². The lowest BCUT2D eigenvalue weighted by atomic mass is 10.2. The number of nitrogens with two attached hydrogens (primary N) is 1. The molecule has 0 aliphatic carbocycles. The van der Waals surface area contributed by atoms with Crippen molar-refractivity contribution in [3.8, 4) is 0 Å². The topological polar surface area (TPSA) is 47.3 Å². The first-order valence-corrected chi connectivity index (χ1v) is 4.98. The van der Waals surface area contributed by atoms with Crippen LogP contribution in [0.15, 0.2) is 18.2 Å². The van der Waals surface area contributed by atoms with Crippen molar-refractivity contribution < 1.29 is 4.84 Å². The Morgan fingerprint density at radius 1 is 1.43 bits per heavy atom. The molecule has 0 bridgehead atoms. The van der Waals surface area contributed by atoms with Crippen LogP contribution >= 0.6 is 0 Å². The molecule has 0 fully saturated rings. The maximum Gasteiger partial charge on any atom is 0.0745 e. The van der Waals surface area contributed by atoms with E-state index in [1.165, 1.54) is 0 Å². The van der Waals surface area contributed by atoms with E-state index in [2.05, 4.69) is 12.4 Å². The number of anilines is 2. The first-order chi connectivity index (χ1) is 6.74. The van der Waals surface area contributed by atoms with Crippen LogP contribution in [0, 0.1) is 6.92 Å². The molecular weight excluding hydrogens is 176 g/mol. The van der Waals surface area contributed by atoms with Gasteiger partial charge >= 0.3 is 0 Å². The van der Waals surface area contributed by atoms with Gasteiger partial charge in [0.05, 0.1) is 12.3 Å². The highest BCUT2D eigenvalue weighted by molar-refractivity contribution is 5.55. The van der Waals surface area contributed by atoms with Crippen molar-refractivity contribution in [1.29, 1.82) is 0 Å². The number of aryl methyl sites for hydroxylation is 1. The summed E-state index contributed by atoms with van der Waals surface area (Å²) in [6.45, 7) is 4.85. The molecule has 14 heavy (non-hydrogen) atoms. The molecule has 0 radical (unpaired) electrons. The Bertz CT molecular complexity index is 287. The molecule has 1 rings (SSSR count). The number of nitrogens with one attached hydrogen (secondary N) is 1. The molecule has 0 aromatic heterocycles. The fourth-order valence-electron chi connectivity index (χ4n) is 1.09. The zero-order valence-electron chi connectivity index (χ0n) is 8.84. The van der Waals surface area contributed by atoms with Crippen molar-refractivity contribution >= 4 is 11.4 Å².